The second-order valence-electron chi connectivity index (χ2n) is 2.16. The molecular formula is C6H19N2Na3O3. The third-order valence-electron chi connectivity index (χ3n) is 0.892. The molecule has 0 fully saturated rings. The van der Waals surface area contributed by atoms with Crippen LogP contribution in [0.1, 0.15) is 18.1 Å². The summed E-state index contributed by atoms with van der Waals surface area (Å²) in [4.78, 5) is 9.00. The molecule has 8 heteroatoms. The van der Waals surface area contributed by atoms with Crippen molar-refractivity contribution in [2.45, 2.75) is 26.0 Å². The average Bonchev–Trinajstić information content (AvgIpc) is 1.85. The number of hydrogen-bond donors (Lipinski definition) is 4. The van der Waals surface area contributed by atoms with E-state index in [0.717, 1.165) is 6.92 Å². The predicted octanol–water partition coefficient (Wildman–Crippen LogP) is -9.91. The van der Waals surface area contributed by atoms with Gasteiger partial charge in [-0.1, -0.05) is 0 Å². The number of carboxylic acids is 1. The van der Waals surface area contributed by atoms with Crippen molar-refractivity contribution in [3.05, 3.63) is 0 Å². The topological polar surface area (TPSA) is 110 Å². The van der Waals surface area contributed by atoms with Crippen LogP contribution >= 0.6 is 0 Å². The molecule has 2 unspecified atom stereocenters. The Morgan fingerprint density at radius 1 is 1.43 bits per heavy atom. The van der Waals surface area contributed by atoms with E-state index in [9.17, 15) is 0 Å². The molecule has 6 N–H and O–H groups in total. The molecule has 14 heavy (non-hydrogen) atoms. The second-order valence-corrected chi connectivity index (χ2v) is 2.16. The molecule has 0 aliphatic rings. The smallest absolute Gasteiger partial charge is 1.00 e. The largest absolute Gasteiger partial charge is 1.00 e. The Morgan fingerprint density at radius 2 is 1.64 bits per heavy atom. The van der Waals surface area contributed by atoms with Gasteiger partial charge in [-0.25, -0.2) is 0 Å². The fourth-order valence-electron chi connectivity index (χ4n) is 0.197. The Kier molecular flexibility index (Phi) is 44.3. The number of aliphatic hydroxyl groups is 1. The first-order valence-corrected chi connectivity index (χ1v) is 3.25. The van der Waals surface area contributed by atoms with Gasteiger partial charge in [-0.15, -0.1) is 0 Å². The molecule has 2 atom stereocenters. The first kappa shape index (κ1) is 29.9. The van der Waals surface area contributed by atoms with Crippen LogP contribution in [0.25, 0.3) is 0 Å². The van der Waals surface area contributed by atoms with Crippen LogP contribution in [-0.4, -0.2) is 34.9 Å². The summed E-state index contributed by atoms with van der Waals surface area (Å²) in [7, 11) is 0. The summed E-state index contributed by atoms with van der Waals surface area (Å²) >= 11 is 0. The summed E-state index contributed by atoms with van der Waals surface area (Å²) < 4.78 is 0. The van der Waals surface area contributed by atoms with Crippen molar-refractivity contribution in [3.63, 3.8) is 0 Å². The Hall–Kier alpha value is 2.35. The van der Waals surface area contributed by atoms with Crippen molar-refractivity contribution in [2.24, 2.45) is 11.5 Å². The number of hydrogen-bond acceptors (Lipinski definition) is 4. The fraction of sp³-hybridized carbons (Fsp3) is 0.833. The summed E-state index contributed by atoms with van der Waals surface area (Å²) in [6.07, 6.45) is -0.481. The second kappa shape index (κ2) is 20.7. The van der Waals surface area contributed by atoms with Crippen molar-refractivity contribution in [2.75, 3.05) is 6.54 Å². The van der Waals surface area contributed by atoms with Gasteiger partial charge in [0.15, 0.2) is 0 Å². The molecule has 0 spiro atoms. The maximum Gasteiger partial charge on any atom is 1.00 e. The van der Waals surface area contributed by atoms with Crippen LogP contribution in [0.15, 0.2) is 0 Å². The molecule has 0 aromatic carbocycles. The number of nitrogens with two attached hydrogens (primary N) is 2. The van der Waals surface area contributed by atoms with Gasteiger partial charge < -0.3 is 26.0 Å². The van der Waals surface area contributed by atoms with E-state index in [1.165, 1.54) is 0 Å². The van der Waals surface area contributed by atoms with E-state index in [1.807, 2.05) is 0 Å². The Morgan fingerprint density at radius 3 is 1.64 bits per heavy atom. The average molecular weight is 236 g/mol. The zero-order chi connectivity index (χ0) is 9.44. The predicted molar refractivity (Wildman–Crippen MR) is 45.4 cm³/mol. The summed E-state index contributed by atoms with van der Waals surface area (Å²) in [5, 5.41) is 16.0. The fourth-order valence-corrected chi connectivity index (χ4v) is 0.197. The minimum absolute atomic E-state index is 0. The van der Waals surface area contributed by atoms with E-state index in [1.54, 1.807) is 6.92 Å². The molecule has 0 aliphatic heterocycles. The van der Waals surface area contributed by atoms with Crippen molar-refractivity contribution >= 4 is 5.97 Å². The monoisotopic (exact) mass is 236 g/mol. The number of aliphatic hydroxyl groups excluding tert-OH is 1. The molecule has 0 aliphatic carbocycles. The van der Waals surface area contributed by atoms with Crippen LogP contribution in [0.4, 0.5) is 0 Å². The van der Waals surface area contributed by atoms with Crippen LogP contribution in [0, 0.1) is 0 Å². The quantitative estimate of drug-likeness (QED) is 0.356. The summed E-state index contributed by atoms with van der Waals surface area (Å²) in [6, 6.07) is -0.264. The first-order chi connectivity index (χ1) is 4.91. The van der Waals surface area contributed by atoms with E-state index in [-0.39, 0.29) is 99.0 Å². The Labute approximate surface area is 156 Å². The van der Waals surface area contributed by atoms with Crippen molar-refractivity contribution < 1.29 is 108 Å². The summed E-state index contributed by atoms with van der Waals surface area (Å²) in [5.41, 5.74) is 10.3. The van der Waals surface area contributed by atoms with Crippen LogP contribution < -0.4 is 100 Å². The van der Waals surface area contributed by atoms with E-state index in [0.29, 0.717) is 6.54 Å². The van der Waals surface area contributed by atoms with Gasteiger partial charge in [0.25, 0.3) is 5.97 Å². The van der Waals surface area contributed by atoms with Crippen LogP contribution in [-0.2, 0) is 4.79 Å². The third-order valence-corrected chi connectivity index (χ3v) is 0.892. The van der Waals surface area contributed by atoms with Crippen LogP contribution in [0.5, 0.6) is 0 Å². The van der Waals surface area contributed by atoms with E-state index < -0.39 is 12.1 Å². The molecule has 0 heterocycles. The Bertz CT molecular complexity index is 124. The number of rotatable bonds is 2. The van der Waals surface area contributed by atoms with E-state index in [4.69, 9.17) is 26.5 Å². The van der Waals surface area contributed by atoms with E-state index in [2.05, 4.69) is 0 Å². The molecule has 0 amide bonds. The van der Waals surface area contributed by atoms with Crippen molar-refractivity contribution in [3.8, 4) is 0 Å². The van der Waals surface area contributed by atoms with Gasteiger partial charge in [0.1, 0.15) is 0 Å². The molecule has 0 saturated heterocycles. The summed E-state index contributed by atoms with van der Waals surface area (Å²) in [6.45, 7) is 3.05. The van der Waals surface area contributed by atoms with Crippen molar-refractivity contribution in [1.29, 1.82) is 0 Å². The van der Waals surface area contributed by atoms with E-state index >= 15 is 0 Å². The zero-order valence-electron chi connectivity index (χ0n) is 12.8. The SMILES string of the molecule is CC(=O)O.CC(O)C(N)CN.[H-].[H-].[H-].[Na+].[Na+].[Na+]. The van der Waals surface area contributed by atoms with Gasteiger partial charge in [0, 0.05) is 19.5 Å². The maximum atomic E-state index is 9.00. The number of aliphatic carboxylic acids is 1. The molecule has 0 saturated carbocycles. The van der Waals surface area contributed by atoms with Crippen LogP contribution in [0.3, 0.4) is 0 Å². The van der Waals surface area contributed by atoms with Gasteiger partial charge >= 0.3 is 88.7 Å². The molecular weight excluding hydrogens is 217 g/mol. The van der Waals surface area contributed by atoms with Gasteiger partial charge in [-0.2, -0.15) is 0 Å². The molecule has 0 rings (SSSR count). The maximum absolute atomic E-state index is 9.00. The first-order valence-electron chi connectivity index (χ1n) is 3.25. The van der Waals surface area contributed by atoms with Crippen molar-refractivity contribution in [1.82, 2.24) is 0 Å². The molecule has 0 aromatic heterocycles. The Balaban J connectivity index is -0.0000000125. The van der Waals surface area contributed by atoms with Gasteiger partial charge in [-0.3, -0.25) is 4.79 Å². The standard InChI is InChI=1S/C4H12N2O.C2H4O2.3Na.3H/c1-3(7)4(6)2-5;1-2(3)4;;;;;;/h3-4,7H,2,5-6H2,1H3;1H3,(H,3,4);;;;;;/q;;3*+1;3*-1. The molecule has 0 bridgehead atoms. The molecule has 5 nitrogen and oxygen atoms in total. The minimum Gasteiger partial charge on any atom is -1.00 e. The number of carboxylic acid groups (broad SMARTS) is 1. The van der Waals surface area contributed by atoms with Gasteiger partial charge in [0.2, 0.25) is 0 Å². The number of carbonyl (C=O) groups is 1. The minimum atomic E-state index is -0.833. The van der Waals surface area contributed by atoms with Gasteiger partial charge in [-0.05, 0) is 6.92 Å². The normalized spacial score (nSPS) is 11.2. The van der Waals surface area contributed by atoms with Gasteiger partial charge in [0.05, 0.1) is 6.10 Å². The summed E-state index contributed by atoms with van der Waals surface area (Å²) in [5.74, 6) is -0.833. The van der Waals surface area contributed by atoms with Crippen LogP contribution in [0.2, 0.25) is 0 Å². The zero-order valence-corrected chi connectivity index (χ0v) is 15.8. The third kappa shape index (κ3) is 36.7. The molecule has 0 aromatic rings. The molecule has 0 radical (unpaired) electrons. The molecule has 74 valence electrons.